The minimum Gasteiger partial charge on any atom is -0.406 e. The Morgan fingerprint density at radius 2 is 1.95 bits per heavy atom. The van der Waals surface area contributed by atoms with E-state index in [2.05, 4.69) is 16.6 Å². The van der Waals surface area contributed by atoms with Gasteiger partial charge in [-0.25, -0.2) is 4.98 Å². The second kappa shape index (κ2) is 6.83. The maximum Gasteiger partial charge on any atom is 0.573 e. The summed E-state index contributed by atoms with van der Waals surface area (Å²) in [6.45, 7) is 2.05. The minimum atomic E-state index is -4.68. The van der Waals surface area contributed by atoms with E-state index in [4.69, 9.17) is 5.73 Å². The fraction of sp³-hybridized carbons (Fsp3) is 0.400. The Bertz CT molecular complexity index is 567. The molecule has 2 aromatic rings. The first-order chi connectivity index (χ1) is 10.4. The van der Waals surface area contributed by atoms with Gasteiger partial charge in [0.15, 0.2) is 0 Å². The van der Waals surface area contributed by atoms with Crippen LogP contribution in [0.5, 0.6) is 5.75 Å². The predicted octanol–water partition coefficient (Wildman–Crippen LogP) is 3.82. The summed E-state index contributed by atoms with van der Waals surface area (Å²) in [4.78, 5) is 4.02. The Morgan fingerprint density at radius 1 is 1.27 bits per heavy atom. The molecule has 120 valence electrons. The number of rotatable bonds is 6. The highest BCUT2D eigenvalue weighted by Crippen LogP contribution is 2.28. The van der Waals surface area contributed by atoms with Gasteiger partial charge in [0.05, 0.1) is 6.33 Å². The number of nitrogens with zero attached hydrogens (tertiary/aromatic N) is 2. The van der Waals surface area contributed by atoms with E-state index >= 15 is 0 Å². The van der Waals surface area contributed by atoms with E-state index in [1.807, 2.05) is 10.8 Å². The van der Waals surface area contributed by atoms with Crippen LogP contribution in [0, 0.1) is 0 Å². The first kappa shape index (κ1) is 16.4. The lowest BCUT2D eigenvalue weighted by molar-refractivity contribution is -0.274. The topological polar surface area (TPSA) is 53.1 Å². The van der Waals surface area contributed by atoms with Crippen LogP contribution in [-0.4, -0.2) is 15.9 Å². The van der Waals surface area contributed by atoms with Crippen LogP contribution in [-0.2, 0) is 0 Å². The maximum absolute atomic E-state index is 12.1. The minimum absolute atomic E-state index is 0.198. The molecule has 1 aromatic carbocycles. The number of alkyl halides is 3. The molecule has 2 atom stereocenters. The third-order valence-electron chi connectivity index (χ3n) is 3.49. The fourth-order valence-corrected chi connectivity index (χ4v) is 2.33. The molecule has 7 heteroatoms. The van der Waals surface area contributed by atoms with E-state index in [-0.39, 0.29) is 17.8 Å². The number of imidazole rings is 1. The smallest absolute Gasteiger partial charge is 0.406 e. The number of hydrogen-bond donors (Lipinski definition) is 1. The van der Waals surface area contributed by atoms with Crippen molar-refractivity contribution in [1.29, 1.82) is 0 Å². The average Bonchev–Trinajstić information content (AvgIpc) is 2.97. The summed E-state index contributed by atoms with van der Waals surface area (Å²) in [6, 6.07) is 5.61. The maximum atomic E-state index is 12.1. The number of halogens is 3. The lowest BCUT2D eigenvalue weighted by Gasteiger charge is -2.21. The Morgan fingerprint density at radius 3 is 2.45 bits per heavy atom. The second-order valence-electron chi connectivity index (χ2n) is 5.03. The summed E-state index contributed by atoms with van der Waals surface area (Å²) in [6.07, 6.45) is 2.20. The van der Waals surface area contributed by atoms with Gasteiger partial charge in [-0.3, -0.25) is 0 Å². The van der Waals surface area contributed by atoms with Crippen LogP contribution >= 0.6 is 0 Å². The number of hydrogen-bond acceptors (Lipinski definition) is 3. The molecule has 0 saturated carbocycles. The second-order valence-corrected chi connectivity index (χ2v) is 5.03. The molecule has 0 radical (unpaired) electrons. The zero-order valence-electron chi connectivity index (χ0n) is 12.1. The van der Waals surface area contributed by atoms with Crippen LogP contribution in [0.15, 0.2) is 43.0 Å². The summed E-state index contributed by atoms with van der Waals surface area (Å²) in [7, 11) is 0. The van der Waals surface area contributed by atoms with Crippen molar-refractivity contribution in [2.24, 2.45) is 5.73 Å². The van der Waals surface area contributed by atoms with E-state index in [0.29, 0.717) is 6.42 Å². The lowest BCUT2D eigenvalue weighted by atomic mass is 9.98. The first-order valence-electron chi connectivity index (χ1n) is 6.97. The van der Waals surface area contributed by atoms with Crippen LogP contribution in [0.1, 0.15) is 37.4 Å². The quantitative estimate of drug-likeness (QED) is 0.882. The van der Waals surface area contributed by atoms with Crippen molar-refractivity contribution in [1.82, 2.24) is 9.55 Å². The van der Waals surface area contributed by atoms with Gasteiger partial charge < -0.3 is 15.0 Å². The molecule has 1 aromatic heterocycles. The third kappa shape index (κ3) is 4.49. The predicted molar refractivity (Wildman–Crippen MR) is 76.2 cm³/mol. The van der Waals surface area contributed by atoms with Gasteiger partial charge in [0.1, 0.15) is 5.75 Å². The molecule has 2 rings (SSSR count). The zero-order chi connectivity index (χ0) is 16.2. The molecule has 22 heavy (non-hydrogen) atoms. The van der Waals surface area contributed by atoms with E-state index in [1.165, 1.54) is 12.1 Å². The Balaban J connectivity index is 2.01. The molecule has 0 aliphatic heterocycles. The number of aromatic nitrogens is 2. The summed E-state index contributed by atoms with van der Waals surface area (Å²) in [5, 5.41) is 0. The molecular weight excluding hydrogens is 295 g/mol. The summed E-state index contributed by atoms with van der Waals surface area (Å²) >= 11 is 0. The monoisotopic (exact) mass is 313 g/mol. The van der Waals surface area contributed by atoms with Crippen molar-refractivity contribution in [3.63, 3.8) is 0 Å². The van der Waals surface area contributed by atoms with Crippen molar-refractivity contribution >= 4 is 0 Å². The lowest BCUT2D eigenvalue weighted by Crippen LogP contribution is -2.18. The molecule has 0 saturated heterocycles. The highest BCUT2D eigenvalue weighted by molar-refractivity contribution is 5.29. The van der Waals surface area contributed by atoms with Gasteiger partial charge in [-0.1, -0.05) is 19.1 Å². The molecule has 0 aliphatic carbocycles. The standard InChI is InChI=1S/C15H18F3N3O/c1-2-12(21-8-7-20-10-21)9-14(19)11-3-5-13(6-4-11)22-15(16,17)18/h3-8,10,12,14H,2,9,19H2,1H3. The van der Waals surface area contributed by atoms with Gasteiger partial charge in [-0.05, 0) is 30.5 Å². The van der Waals surface area contributed by atoms with Crippen molar-refractivity contribution in [2.75, 3.05) is 0 Å². The molecule has 0 bridgehead atoms. The van der Waals surface area contributed by atoms with Gasteiger partial charge in [-0.15, -0.1) is 13.2 Å². The SMILES string of the molecule is CCC(CC(N)c1ccc(OC(F)(F)F)cc1)n1ccnc1. The van der Waals surface area contributed by atoms with E-state index in [9.17, 15) is 13.2 Å². The van der Waals surface area contributed by atoms with Gasteiger partial charge in [0.25, 0.3) is 0 Å². The van der Waals surface area contributed by atoms with Crippen molar-refractivity contribution in [3.05, 3.63) is 48.5 Å². The molecule has 0 aliphatic rings. The molecule has 0 amide bonds. The zero-order valence-corrected chi connectivity index (χ0v) is 12.1. The normalized spacial score (nSPS) is 14.6. The molecule has 4 nitrogen and oxygen atoms in total. The highest BCUT2D eigenvalue weighted by atomic mass is 19.4. The fourth-order valence-electron chi connectivity index (χ4n) is 2.33. The molecule has 1 heterocycles. The number of benzene rings is 1. The Hall–Kier alpha value is -2.02. The molecule has 2 N–H and O–H groups in total. The number of ether oxygens (including phenoxy) is 1. The van der Waals surface area contributed by atoms with Gasteiger partial charge in [0, 0.05) is 24.5 Å². The third-order valence-corrected chi connectivity index (χ3v) is 3.49. The number of nitrogens with two attached hydrogens (primary N) is 1. The Kier molecular flexibility index (Phi) is 5.07. The molecule has 0 fully saturated rings. The van der Waals surface area contributed by atoms with Crippen LogP contribution in [0.25, 0.3) is 0 Å². The largest absolute Gasteiger partial charge is 0.573 e. The van der Waals surface area contributed by atoms with Crippen molar-refractivity contribution < 1.29 is 17.9 Å². The summed E-state index contributed by atoms with van der Waals surface area (Å²) in [5.74, 6) is -0.245. The van der Waals surface area contributed by atoms with Crippen LogP contribution < -0.4 is 10.5 Å². The van der Waals surface area contributed by atoms with Crippen LogP contribution in [0.4, 0.5) is 13.2 Å². The van der Waals surface area contributed by atoms with Crippen LogP contribution in [0.2, 0.25) is 0 Å². The average molecular weight is 313 g/mol. The molecule has 2 unspecified atom stereocenters. The molecule has 0 spiro atoms. The first-order valence-corrected chi connectivity index (χ1v) is 6.97. The van der Waals surface area contributed by atoms with E-state index in [0.717, 1.165) is 12.0 Å². The summed E-state index contributed by atoms with van der Waals surface area (Å²) in [5.41, 5.74) is 6.93. The van der Waals surface area contributed by atoms with Crippen molar-refractivity contribution in [3.8, 4) is 5.75 Å². The summed E-state index contributed by atoms with van der Waals surface area (Å²) < 4.78 is 42.2. The van der Waals surface area contributed by atoms with Crippen LogP contribution in [0.3, 0.4) is 0 Å². The Labute approximate surface area is 126 Å². The van der Waals surface area contributed by atoms with Gasteiger partial charge in [-0.2, -0.15) is 0 Å². The molecular formula is C15H18F3N3O. The van der Waals surface area contributed by atoms with Crippen molar-refractivity contribution in [2.45, 2.75) is 38.2 Å². The van der Waals surface area contributed by atoms with E-state index < -0.39 is 6.36 Å². The van der Waals surface area contributed by atoms with E-state index in [1.54, 1.807) is 24.7 Å². The van der Waals surface area contributed by atoms with Gasteiger partial charge in [0.2, 0.25) is 0 Å². The highest BCUT2D eigenvalue weighted by Gasteiger charge is 2.31. The van der Waals surface area contributed by atoms with Gasteiger partial charge >= 0.3 is 6.36 Å².